The number of hydrogen-bond acceptors (Lipinski definition) is 2. The molecule has 2 amide bonds. The van der Waals surface area contributed by atoms with Gasteiger partial charge in [0.2, 0.25) is 0 Å². The smallest absolute Gasteiger partial charge is 0.307 e. The van der Waals surface area contributed by atoms with Gasteiger partial charge in [0.1, 0.15) is 0 Å². The lowest BCUT2D eigenvalue weighted by Gasteiger charge is -2.09. The lowest BCUT2D eigenvalue weighted by atomic mass is 10.1. The predicted molar refractivity (Wildman–Crippen MR) is 92.6 cm³/mol. The van der Waals surface area contributed by atoms with Gasteiger partial charge in [-0.05, 0) is 36.6 Å². The number of H-pyrrole nitrogens is 1. The number of aryl methyl sites for hydroxylation is 2. The second-order valence-corrected chi connectivity index (χ2v) is 5.43. The van der Waals surface area contributed by atoms with Crippen molar-refractivity contribution in [3.8, 4) is 11.3 Å². The summed E-state index contributed by atoms with van der Waals surface area (Å²) in [5, 5.41) is 12.6. The van der Waals surface area contributed by atoms with E-state index in [1.54, 1.807) is 6.07 Å². The minimum absolute atomic E-state index is 0.315. The Kier molecular flexibility index (Phi) is 4.10. The third-order valence-electron chi connectivity index (χ3n) is 3.55. The van der Waals surface area contributed by atoms with E-state index in [4.69, 9.17) is 0 Å². The number of aromatic amines is 1. The molecule has 2 aromatic carbocycles. The Bertz CT molecular complexity index is 824. The summed E-state index contributed by atoms with van der Waals surface area (Å²) in [6, 6.07) is 17.2. The highest BCUT2D eigenvalue weighted by Gasteiger charge is 2.08. The molecule has 0 unspecified atom stereocenters. The maximum Gasteiger partial charge on any atom is 0.324 e. The third-order valence-corrected chi connectivity index (χ3v) is 3.55. The topological polar surface area (TPSA) is 69.8 Å². The van der Waals surface area contributed by atoms with E-state index >= 15 is 0 Å². The van der Waals surface area contributed by atoms with Crippen LogP contribution in [-0.4, -0.2) is 16.2 Å². The molecule has 5 heteroatoms. The monoisotopic (exact) mass is 306 g/mol. The van der Waals surface area contributed by atoms with Crippen LogP contribution in [0.3, 0.4) is 0 Å². The fourth-order valence-electron chi connectivity index (χ4n) is 2.29. The van der Waals surface area contributed by atoms with Gasteiger partial charge in [0.05, 0.1) is 5.69 Å². The average Bonchev–Trinajstić information content (AvgIpc) is 3.00. The first-order valence-electron chi connectivity index (χ1n) is 7.38. The number of amides is 2. The van der Waals surface area contributed by atoms with Crippen molar-refractivity contribution in [1.82, 2.24) is 10.2 Å². The molecular weight excluding hydrogens is 288 g/mol. The van der Waals surface area contributed by atoms with E-state index in [1.807, 2.05) is 62.4 Å². The number of benzene rings is 2. The Morgan fingerprint density at radius 1 is 1.00 bits per heavy atom. The fraction of sp³-hybridized carbons (Fsp3) is 0.111. The quantitative estimate of drug-likeness (QED) is 0.673. The van der Waals surface area contributed by atoms with Gasteiger partial charge in [0.25, 0.3) is 0 Å². The number of nitrogens with zero attached hydrogens (tertiary/aromatic N) is 1. The highest BCUT2D eigenvalue weighted by molar-refractivity contribution is 5.99. The molecule has 3 N–H and O–H groups in total. The Morgan fingerprint density at radius 2 is 1.78 bits per heavy atom. The zero-order chi connectivity index (χ0) is 16.2. The SMILES string of the molecule is Cc1ccc(C)c(NC(=O)Nc2cc(-c3ccccc3)[nH]n2)c1. The molecule has 1 heterocycles. The average molecular weight is 306 g/mol. The van der Waals surface area contributed by atoms with E-state index in [2.05, 4.69) is 20.8 Å². The first-order valence-corrected chi connectivity index (χ1v) is 7.38. The van der Waals surface area contributed by atoms with Crippen molar-refractivity contribution in [3.05, 3.63) is 65.7 Å². The second-order valence-electron chi connectivity index (χ2n) is 5.43. The van der Waals surface area contributed by atoms with Crippen molar-refractivity contribution in [2.75, 3.05) is 10.6 Å². The molecular formula is C18H18N4O. The van der Waals surface area contributed by atoms with Crippen LogP contribution in [0.2, 0.25) is 0 Å². The standard InChI is InChI=1S/C18H18N4O/c1-12-8-9-13(2)15(10-12)19-18(23)20-17-11-16(21-22-17)14-6-4-3-5-7-14/h3-11H,1-2H3,(H3,19,20,21,22,23). The number of anilines is 2. The molecule has 3 rings (SSSR count). The van der Waals surface area contributed by atoms with Crippen LogP contribution in [0.25, 0.3) is 11.3 Å². The molecule has 5 nitrogen and oxygen atoms in total. The van der Waals surface area contributed by atoms with Gasteiger partial charge in [-0.1, -0.05) is 42.5 Å². The minimum atomic E-state index is -0.315. The van der Waals surface area contributed by atoms with E-state index in [1.165, 1.54) is 0 Å². The van der Waals surface area contributed by atoms with Gasteiger partial charge in [0.15, 0.2) is 5.82 Å². The summed E-state index contributed by atoms with van der Waals surface area (Å²) in [4.78, 5) is 12.1. The normalized spacial score (nSPS) is 10.3. The summed E-state index contributed by atoms with van der Waals surface area (Å²) >= 11 is 0. The fourth-order valence-corrected chi connectivity index (χ4v) is 2.29. The lowest BCUT2D eigenvalue weighted by molar-refractivity contribution is 0.262. The van der Waals surface area contributed by atoms with Crippen molar-refractivity contribution < 1.29 is 4.79 Å². The van der Waals surface area contributed by atoms with E-state index in [0.717, 1.165) is 28.1 Å². The Labute approximate surface area is 134 Å². The summed E-state index contributed by atoms with van der Waals surface area (Å²) in [5.74, 6) is 0.478. The van der Waals surface area contributed by atoms with E-state index in [0.29, 0.717) is 5.82 Å². The van der Waals surface area contributed by atoms with Gasteiger partial charge < -0.3 is 5.32 Å². The van der Waals surface area contributed by atoms with E-state index in [-0.39, 0.29) is 6.03 Å². The number of aromatic nitrogens is 2. The third kappa shape index (κ3) is 3.58. The van der Waals surface area contributed by atoms with Crippen LogP contribution in [0.4, 0.5) is 16.3 Å². The van der Waals surface area contributed by atoms with Crippen LogP contribution >= 0.6 is 0 Å². The molecule has 0 fully saturated rings. The molecule has 23 heavy (non-hydrogen) atoms. The number of carbonyl (C=O) groups excluding carboxylic acids is 1. The molecule has 0 bridgehead atoms. The van der Waals surface area contributed by atoms with Crippen molar-refractivity contribution in [3.63, 3.8) is 0 Å². The zero-order valence-corrected chi connectivity index (χ0v) is 13.1. The van der Waals surface area contributed by atoms with Gasteiger partial charge in [-0.25, -0.2) is 4.79 Å². The number of hydrogen-bond donors (Lipinski definition) is 3. The zero-order valence-electron chi connectivity index (χ0n) is 13.1. The summed E-state index contributed by atoms with van der Waals surface area (Å²) in [6.07, 6.45) is 0. The van der Waals surface area contributed by atoms with Crippen molar-refractivity contribution in [2.24, 2.45) is 0 Å². The molecule has 1 aromatic heterocycles. The number of carbonyl (C=O) groups is 1. The van der Waals surface area contributed by atoms with Crippen LogP contribution < -0.4 is 10.6 Å². The second kappa shape index (κ2) is 6.36. The summed E-state index contributed by atoms with van der Waals surface area (Å²) < 4.78 is 0. The van der Waals surface area contributed by atoms with Crippen LogP contribution in [0, 0.1) is 13.8 Å². The van der Waals surface area contributed by atoms with Crippen LogP contribution in [0.1, 0.15) is 11.1 Å². The first kappa shape index (κ1) is 14.8. The van der Waals surface area contributed by atoms with Crippen molar-refractivity contribution in [2.45, 2.75) is 13.8 Å². The largest absolute Gasteiger partial charge is 0.324 e. The van der Waals surface area contributed by atoms with Crippen LogP contribution in [0.5, 0.6) is 0 Å². The highest BCUT2D eigenvalue weighted by Crippen LogP contribution is 2.20. The van der Waals surface area contributed by atoms with E-state index in [9.17, 15) is 4.79 Å². The van der Waals surface area contributed by atoms with Gasteiger partial charge in [-0.2, -0.15) is 5.10 Å². The first-order chi connectivity index (χ1) is 11.1. The molecule has 0 spiro atoms. The van der Waals surface area contributed by atoms with Crippen molar-refractivity contribution >= 4 is 17.5 Å². The summed E-state index contributed by atoms with van der Waals surface area (Å²) in [5.41, 5.74) is 4.77. The Morgan fingerprint density at radius 3 is 2.57 bits per heavy atom. The van der Waals surface area contributed by atoms with Gasteiger partial charge >= 0.3 is 6.03 Å². The summed E-state index contributed by atoms with van der Waals surface area (Å²) in [6.45, 7) is 3.94. The maximum absolute atomic E-state index is 12.1. The van der Waals surface area contributed by atoms with Gasteiger partial charge in [0, 0.05) is 11.8 Å². The molecule has 0 aliphatic carbocycles. The predicted octanol–water partition coefficient (Wildman–Crippen LogP) is 4.34. The highest BCUT2D eigenvalue weighted by atomic mass is 16.2. The molecule has 116 valence electrons. The maximum atomic E-state index is 12.1. The molecule has 0 saturated heterocycles. The number of rotatable bonds is 3. The Hall–Kier alpha value is -3.08. The Balaban J connectivity index is 1.69. The van der Waals surface area contributed by atoms with Crippen molar-refractivity contribution in [1.29, 1.82) is 0 Å². The van der Waals surface area contributed by atoms with Crippen LogP contribution in [-0.2, 0) is 0 Å². The van der Waals surface area contributed by atoms with Crippen LogP contribution in [0.15, 0.2) is 54.6 Å². The molecule has 0 atom stereocenters. The molecule has 0 saturated carbocycles. The minimum Gasteiger partial charge on any atom is -0.307 e. The number of urea groups is 1. The van der Waals surface area contributed by atoms with Gasteiger partial charge in [-0.15, -0.1) is 0 Å². The molecule has 0 radical (unpaired) electrons. The summed E-state index contributed by atoms with van der Waals surface area (Å²) in [7, 11) is 0. The molecule has 0 aliphatic heterocycles. The number of nitrogens with one attached hydrogen (secondary N) is 3. The van der Waals surface area contributed by atoms with Gasteiger partial charge in [-0.3, -0.25) is 10.4 Å². The lowest BCUT2D eigenvalue weighted by Crippen LogP contribution is -2.20. The van der Waals surface area contributed by atoms with E-state index < -0.39 is 0 Å². The molecule has 3 aromatic rings. The molecule has 0 aliphatic rings.